The van der Waals surface area contributed by atoms with Gasteiger partial charge in [-0.15, -0.1) is 0 Å². The maximum absolute atomic E-state index is 13.9. The molecule has 4 rings (SSSR count). The highest BCUT2D eigenvalue weighted by atomic mass is 19.4. The van der Waals surface area contributed by atoms with Crippen LogP contribution in [0.1, 0.15) is 40.9 Å². The standard InChI is InChI=1S/C29H31F3N4O3/c1-20-16-34(17-21(2)35(20)18-22-7-4-3-5-8-22)28(38)36(26-10-6-9-25(15-26)29(30,31)32)19-23-11-13-24(14-12-23)27(37)33-39/h3-15,20-21,39H,16-19H2,1-2H3,(H,33,37). The molecule has 0 bridgehead atoms. The number of rotatable bonds is 6. The lowest BCUT2D eigenvalue weighted by Gasteiger charge is -2.45. The first-order chi connectivity index (χ1) is 18.6. The first kappa shape index (κ1) is 28.1. The maximum Gasteiger partial charge on any atom is 0.416 e. The van der Waals surface area contributed by atoms with E-state index in [-0.39, 0.29) is 29.9 Å². The molecule has 0 spiro atoms. The Morgan fingerprint density at radius 1 is 0.923 bits per heavy atom. The molecular formula is C29H31F3N4O3. The van der Waals surface area contributed by atoms with Gasteiger partial charge in [0.2, 0.25) is 0 Å². The van der Waals surface area contributed by atoms with Gasteiger partial charge in [-0.1, -0.05) is 48.5 Å². The molecule has 39 heavy (non-hydrogen) atoms. The molecule has 10 heteroatoms. The Kier molecular flexibility index (Phi) is 8.57. The molecule has 0 saturated carbocycles. The Hall–Kier alpha value is -3.89. The highest BCUT2D eigenvalue weighted by molar-refractivity contribution is 5.94. The number of amides is 3. The molecule has 206 valence electrons. The molecule has 2 N–H and O–H groups in total. The third kappa shape index (κ3) is 6.76. The Labute approximate surface area is 225 Å². The number of urea groups is 1. The van der Waals surface area contributed by atoms with Gasteiger partial charge >= 0.3 is 12.2 Å². The largest absolute Gasteiger partial charge is 0.416 e. The van der Waals surface area contributed by atoms with Crippen LogP contribution in [0.15, 0.2) is 78.9 Å². The number of anilines is 1. The number of hydrogen-bond acceptors (Lipinski definition) is 4. The monoisotopic (exact) mass is 540 g/mol. The van der Waals surface area contributed by atoms with E-state index >= 15 is 0 Å². The molecule has 1 aliphatic rings. The van der Waals surface area contributed by atoms with Crippen molar-refractivity contribution in [2.24, 2.45) is 0 Å². The van der Waals surface area contributed by atoms with E-state index in [1.54, 1.807) is 22.5 Å². The number of nitrogens with one attached hydrogen (secondary N) is 1. The Morgan fingerprint density at radius 2 is 1.56 bits per heavy atom. The van der Waals surface area contributed by atoms with Crippen molar-refractivity contribution < 1.29 is 28.0 Å². The molecule has 3 aromatic carbocycles. The van der Waals surface area contributed by atoms with Crippen molar-refractivity contribution in [3.05, 3.63) is 101 Å². The van der Waals surface area contributed by atoms with Crippen LogP contribution in [0.25, 0.3) is 0 Å². The molecule has 0 aliphatic carbocycles. The molecule has 2 atom stereocenters. The summed E-state index contributed by atoms with van der Waals surface area (Å²) in [4.78, 5) is 30.9. The smallest absolute Gasteiger partial charge is 0.321 e. The zero-order valence-corrected chi connectivity index (χ0v) is 21.7. The predicted octanol–water partition coefficient (Wildman–Crippen LogP) is 5.55. The van der Waals surface area contributed by atoms with Gasteiger partial charge in [0.1, 0.15) is 0 Å². The summed E-state index contributed by atoms with van der Waals surface area (Å²) in [6.45, 7) is 5.64. The minimum absolute atomic E-state index is 0.00579. The van der Waals surface area contributed by atoms with Crippen LogP contribution >= 0.6 is 0 Å². The van der Waals surface area contributed by atoms with Crippen LogP contribution in [0.3, 0.4) is 0 Å². The third-order valence-corrected chi connectivity index (χ3v) is 6.95. The fraction of sp³-hybridized carbons (Fsp3) is 0.310. The molecule has 7 nitrogen and oxygen atoms in total. The quantitative estimate of drug-likeness (QED) is 0.318. The van der Waals surface area contributed by atoms with E-state index in [0.717, 1.165) is 18.7 Å². The summed E-state index contributed by atoms with van der Waals surface area (Å²) in [5.41, 5.74) is 2.81. The average Bonchev–Trinajstić information content (AvgIpc) is 2.93. The number of halogens is 3. The summed E-state index contributed by atoms with van der Waals surface area (Å²) in [6, 6.07) is 20.6. The number of alkyl halides is 3. The predicted molar refractivity (Wildman–Crippen MR) is 141 cm³/mol. The summed E-state index contributed by atoms with van der Waals surface area (Å²) in [6.07, 6.45) is -4.56. The van der Waals surface area contributed by atoms with Crippen LogP contribution in [-0.4, -0.2) is 52.1 Å². The number of nitrogens with zero attached hydrogens (tertiary/aromatic N) is 3. The van der Waals surface area contributed by atoms with E-state index < -0.39 is 23.7 Å². The topological polar surface area (TPSA) is 76.1 Å². The highest BCUT2D eigenvalue weighted by Gasteiger charge is 2.35. The van der Waals surface area contributed by atoms with Crippen LogP contribution in [0, 0.1) is 0 Å². The maximum atomic E-state index is 13.9. The summed E-state index contributed by atoms with van der Waals surface area (Å²) in [5, 5.41) is 8.85. The van der Waals surface area contributed by atoms with E-state index in [0.29, 0.717) is 18.7 Å². The lowest BCUT2D eigenvalue weighted by molar-refractivity contribution is -0.137. The van der Waals surface area contributed by atoms with Crippen molar-refractivity contribution in [1.82, 2.24) is 15.3 Å². The molecule has 1 saturated heterocycles. The van der Waals surface area contributed by atoms with Gasteiger partial charge < -0.3 is 4.90 Å². The number of carbonyl (C=O) groups is 2. The van der Waals surface area contributed by atoms with E-state index in [4.69, 9.17) is 5.21 Å². The van der Waals surface area contributed by atoms with Crippen molar-refractivity contribution in [2.45, 2.75) is 45.2 Å². The lowest BCUT2D eigenvalue weighted by Crippen LogP contribution is -2.59. The second-order valence-electron chi connectivity index (χ2n) is 9.82. The summed E-state index contributed by atoms with van der Waals surface area (Å²) >= 11 is 0. The van der Waals surface area contributed by atoms with Crippen LogP contribution in [-0.2, 0) is 19.3 Å². The Morgan fingerprint density at radius 3 is 2.15 bits per heavy atom. The van der Waals surface area contributed by atoms with E-state index in [1.807, 2.05) is 32.0 Å². The molecule has 3 amide bonds. The summed E-state index contributed by atoms with van der Waals surface area (Å²) < 4.78 is 40.5. The van der Waals surface area contributed by atoms with Gasteiger partial charge in [-0.25, -0.2) is 10.3 Å². The van der Waals surface area contributed by atoms with E-state index in [1.165, 1.54) is 34.7 Å². The summed E-state index contributed by atoms with van der Waals surface area (Å²) in [7, 11) is 0. The van der Waals surface area contributed by atoms with Crippen LogP contribution in [0.5, 0.6) is 0 Å². The average molecular weight is 541 g/mol. The molecule has 0 aromatic heterocycles. The van der Waals surface area contributed by atoms with E-state index in [2.05, 4.69) is 17.0 Å². The molecule has 1 aliphatic heterocycles. The second kappa shape index (κ2) is 11.9. The normalized spacial score (nSPS) is 18.1. The third-order valence-electron chi connectivity index (χ3n) is 6.95. The van der Waals surface area contributed by atoms with Crippen molar-refractivity contribution in [3.63, 3.8) is 0 Å². The van der Waals surface area contributed by atoms with Gasteiger partial charge in [-0.05, 0) is 55.3 Å². The number of carbonyl (C=O) groups excluding carboxylic acids is 2. The van der Waals surface area contributed by atoms with Crippen molar-refractivity contribution in [2.75, 3.05) is 18.0 Å². The van der Waals surface area contributed by atoms with Crippen LogP contribution < -0.4 is 10.4 Å². The van der Waals surface area contributed by atoms with Crippen LogP contribution in [0.2, 0.25) is 0 Å². The van der Waals surface area contributed by atoms with Gasteiger partial charge in [-0.3, -0.25) is 19.8 Å². The summed E-state index contributed by atoms with van der Waals surface area (Å²) in [5.74, 6) is -0.691. The minimum Gasteiger partial charge on any atom is -0.321 e. The second-order valence-corrected chi connectivity index (χ2v) is 9.82. The fourth-order valence-corrected chi connectivity index (χ4v) is 4.92. The molecule has 2 unspecified atom stereocenters. The minimum atomic E-state index is -4.56. The van der Waals surface area contributed by atoms with Crippen LogP contribution in [0.4, 0.5) is 23.7 Å². The number of hydroxylamine groups is 1. The molecule has 1 fully saturated rings. The Balaban J connectivity index is 1.59. The van der Waals surface area contributed by atoms with Crippen molar-refractivity contribution in [1.29, 1.82) is 0 Å². The Bertz CT molecular complexity index is 1270. The molecular weight excluding hydrogens is 509 g/mol. The van der Waals surface area contributed by atoms with Gasteiger partial charge in [0.05, 0.1) is 12.1 Å². The molecule has 1 heterocycles. The van der Waals surface area contributed by atoms with Gasteiger partial charge in [0, 0.05) is 43.0 Å². The van der Waals surface area contributed by atoms with Gasteiger partial charge in [-0.2, -0.15) is 13.2 Å². The van der Waals surface area contributed by atoms with Crippen molar-refractivity contribution >= 4 is 17.6 Å². The van der Waals surface area contributed by atoms with Crippen molar-refractivity contribution in [3.8, 4) is 0 Å². The number of hydrogen-bond donors (Lipinski definition) is 2. The fourth-order valence-electron chi connectivity index (χ4n) is 4.92. The van der Waals surface area contributed by atoms with E-state index in [9.17, 15) is 22.8 Å². The molecule has 0 radical (unpaired) electrons. The zero-order valence-electron chi connectivity index (χ0n) is 21.7. The first-order valence-corrected chi connectivity index (χ1v) is 12.6. The number of benzene rings is 3. The SMILES string of the molecule is CC1CN(C(=O)N(Cc2ccc(C(=O)NO)cc2)c2cccc(C(F)(F)F)c2)CC(C)N1Cc1ccccc1. The lowest BCUT2D eigenvalue weighted by atomic mass is 10.1. The van der Waals surface area contributed by atoms with Gasteiger partial charge in [0.15, 0.2) is 0 Å². The molecule has 3 aromatic rings. The zero-order chi connectivity index (χ0) is 28.2. The highest BCUT2D eigenvalue weighted by Crippen LogP contribution is 2.33. The van der Waals surface area contributed by atoms with Gasteiger partial charge in [0.25, 0.3) is 5.91 Å². The number of piperazine rings is 1. The first-order valence-electron chi connectivity index (χ1n) is 12.6.